The average molecular weight is 363 g/mol. The molecule has 0 aliphatic rings. The second kappa shape index (κ2) is 7.09. The lowest BCUT2D eigenvalue weighted by atomic mass is 10.1. The molecule has 6 heteroatoms. The number of benzene rings is 2. The number of nitrogens with one attached hydrogen (secondary N) is 2. The number of hydrazine groups is 1. The zero-order valence-corrected chi connectivity index (χ0v) is 13.5. The number of hydrogen-bond donors (Lipinski definition) is 3. The van der Waals surface area contributed by atoms with E-state index in [-0.39, 0.29) is 11.3 Å². The van der Waals surface area contributed by atoms with Crippen molar-refractivity contribution >= 4 is 27.7 Å². The van der Waals surface area contributed by atoms with Gasteiger partial charge in [-0.25, -0.2) is 0 Å². The SMILES string of the molecule is CCc1ccc(C(=O)NNC(=O)c2ccc(Br)cc2O)cc1. The highest BCUT2D eigenvalue weighted by atomic mass is 79.9. The van der Waals surface area contributed by atoms with Crippen LogP contribution in [0.4, 0.5) is 0 Å². The van der Waals surface area contributed by atoms with Crippen LogP contribution < -0.4 is 10.9 Å². The molecule has 2 aromatic carbocycles. The van der Waals surface area contributed by atoms with Gasteiger partial charge in [0.2, 0.25) is 0 Å². The predicted molar refractivity (Wildman–Crippen MR) is 86.6 cm³/mol. The van der Waals surface area contributed by atoms with Crippen LogP contribution in [0.1, 0.15) is 33.2 Å². The Balaban J connectivity index is 1.99. The Morgan fingerprint density at radius 1 is 1.05 bits per heavy atom. The van der Waals surface area contributed by atoms with Crippen molar-refractivity contribution in [2.24, 2.45) is 0 Å². The molecular weight excluding hydrogens is 348 g/mol. The van der Waals surface area contributed by atoms with Gasteiger partial charge < -0.3 is 5.11 Å². The summed E-state index contributed by atoms with van der Waals surface area (Å²) in [5, 5.41) is 9.70. The molecule has 0 unspecified atom stereocenters. The fourth-order valence-electron chi connectivity index (χ4n) is 1.84. The molecule has 3 N–H and O–H groups in total. The number of aromatic hydroxyl groups is 1. The molecule has 0 saturated heterocycles. The summed E-state index contributed by atoms with van der Waals surface area (Å²) in [6, 6.07) is 11.6. The Kier molecular flexibility index (Phi) is 5.16. The molecule has 114 valence electrons. The lowest BCUT2D eigenvalue weighted by Crippen LogP contribution is -2.41. The quantitative estimate of drug-likeness (QED) is 0.734. The van der Waals surface area contributed by atoms with Crippen LogP contribution >= 0.6 is 15.9 Å². The van der Waals surface area contributed by atoms with E-state index < -0.39 is 11.8 Å². The van der Waals surface area contributed by atoms with E-state index in [0.717, 1.165) is 12.0 Å². The molecule has 0 aromatic heterocycles. The molecule has 0 spiro atoms. The van der Waals surface area contributed by atoms with E-state index in [0.29, 0.717) is 10.0 Å². The maximum absolute atomic E-state index is 11.9. The van der Waals surface area contributed by atoms with Crippen molar-refractivity contribution in [2.45, 2.75) is 13.3 Å². The van der Waals surface area contributed by atoms with Crippen LogP contribution in [0.3, 0.4) is 0 Å². The minimum absolute atomic E-state index is 0.0739. The second-order valence-electron chi connectivity index (χ2n) is 4.62. The van der Waals surface area contributed by atoms with Gasteiger partial charge in [-0.3, -0.25) is 20.4 Å². The van der Waals surface area contributed by atoms with E-state index in [9.17, 15) is 14.7 Å². The fraction of sp³-hybridized carbons (Fsp3) is 0.125. The first kappa shape index (κ1) is 16.0. The number of carbonyl (C=O) groups excluding carboxylic acids is 2. The van der Waals surface area contributed by atoms with Crippen LogP contribution in [0, 0.1) is 0 Å². The van der Waals surface area contributed by atoms with Gasteiger partial charge in [-0.05, 0) is 42.3 Å². The first-order valence-corrected chi connectivity index (χ1v) is 7.48. The largest absolute Gasteiger partial charge is 0.507 e. The van der Waals surface area contributed by atoms with Gasteiger partial charge in [0.15, 0.2) is 0 Å². The van der Waals surface area contributed by atoms with E-state index in [1.54, 1.807) is 18.2 Å². The summed E-state index contributed by atoms with van der Waals surface area (Å²) in [5.74, 6) is -1.19. The molecule has 2 amide bonds. The third-order valence-corrected chi connectivity index (χ3v) is 3.61. The van der Waals surface area contributed by atoms with Crippen LogP contribution in [0.25, 0.3) is 0 Å². The first-order valence-electron chi connectivity index (χ1n) is 6.69. The van der Waals surface area contributed by atoms with Crippen LogP contribution in [-0.4, -0.2) is 16.9 Å². The highest BCUT2D eigenvalue weighted by Crippen LogP contribution is 2.21. The third kappa shape index (κ3) is 3.85. The molecule has 0 atom stereocenters. The Morgan fingerprint density at radius 2 is 1.68 bits per heavy atom. The van der Waals surface area contributed by atoms with Crippen molar-refractivity contribution in [3.05, 3.63) is 63.6 Å². The Morgan fingerprint density at radius 3 is 2.27 bits per heavy atom. The molecular formula is C16H15BrN2O3. The van der Waals surface area contributed by atoms with Crippen LogP contribution in [0.5, 0.6) is 5.75 Å². The van der Waals surface area contributed by atoms with Gasteiger partial charge in [0, 0.05) is 10.0 Å². The molecule has 0 fully saturated rings. The summed E-state index contributed by atoms with van der Waals surface area (Å²) in [4.78, 5) is 23.8. The Labute approximate surface area is 136 Å². The number of halogens is 1. The lowest BCUT2D eigenvalue weighted by molar-refractivity contribution is 0.0845. The zero-order chi connectivity index (χ0) is 16.1. The van der Waals surface area contributed by atoms with Gasteiger partial charge in [0.25, 0.3) is 11.8 Å². The Hall–Kier alpha value is -2.34. The van der Waals surface area contributed by atoms with E-state index in [2.05, 4.69) is 26.8 Å². The summed E-state index contributed by atoms with van der Waals surface area (Å²) in [6.07, 6.45) is 0.890. The number of aryl methyl sites for hydroxylation is 1. The number of carbonyl (C=O) groups is 2. The summed E-state index contributed by atoms with van der Waals surface area (Å²) in [7, 11) is 0. The number of rotatable bonds is 3. The molecule has 2 aromatic rings. The highest BCUT2D eigenvalue weighted by Gasteiger charge is 2.12. The highest BCUT2D eigenvalue weighted by molar-refractivity contribution is 9.10. The van der Waals surface area contributed by atoms with Crippen molar-refractivity contribution in [1.82, 2.24) is 10.9 Å². The van der Waals surface area contributed by atoms with Crippen molar-refractivity contribution < 1.29 is 14.7 Å². The van der Waals surface area contributed by atoms with Crippen molar-refractivity contribution in [1.29, 1.82) is 0 Å². The minimum Gasteiger partial charge on any atom is -0.507 e. The second-order valence-corrected chi connectivity index (χ2v) is 5.54. The molecule has 0 bridgehead atoms. The van der Waals surface area contributed by atoms with Crippen LogP contribution in [0.15, 0.2) is 46.9 Å². The lowest BCUT2D eigenvalue weighted by Gasteiger charge is -2.09. The van der Waals surface area contributed by atoms with E-state index in [4.69, 9.17) is 0 Å². The first-order chi connectivity index (χ1) is 10.5. The van der Waals surface area contributed by atoms with E-state index >= 15 is 0 Å². The van der Waals surface area contributed by atoms with Gasteiger partial charge in [0.05, 0.1) is 5.56 Å². The van der Waals surface area contributed by atoms with Gasteiger partial charge in [-0.2, -0.15) is 0 Å². The molecule has 0 aliphatic heterocycles. The standard InChI is InChI=1S/C16H15BrN2O3/c1-2-10-3-5-11(6-4-10)15(21)18-19-16(22)13-8-7-12(17)9-14(13)20/h3-9,20H,2H2,1H3,(H,18,21)(H,19,22). The smallest absolute Gasteiger partial charge is 0.273 e. The zero-order valence-electron chi connectivity index (χ0n) is 11.9. The van der Waals surface area contributed by atoms with Crippen molar-refractivity contribution in [3.63, 3.8) is 0 Å². The van der Waals surface area contributed by atoms with Gasteiger partial charge >= 0.3 is 0 Å². The van der Waals surface area contributed by atoms with Gasteiger partial charge in [-0.15, -0.1) is 0 Å². The maximum Gasteiger partial charge on any atom is 0.273 e. The molecule has 0 aliphatic carbocycles. The number of amides is 2. The summed E-state index contributed by atoms with van der Waals surface area (Å²) < 4.78 is 0.654. The van der Waals surface area contributed by atoms with Crippen LogP contribution in [0.2, 0.25) is 0 Å². The molecule has 0 heterocycles. The summed E-state index contributed by atoms with van der Waals surface area (Å²) >= 11 is 3.19. The topological polar surface area (TPSA) is 78.4 Å². The van der Waals surface area contributed by atoms with Crippen LogP contribution in [-0.2, 0) is 6.42 Å². The molecule has 0 radical (unpaired) electrons. The number of hydrogen-bond acceptors (Lipinski definition) is 3. The molecule has 5 nitrogen and oxygen atoms in total. The third-order valence-electron chi connectivity index (χ3n) is 3.12. The Bertz CT molecular complexity index is 699. The normalized spacial score (nSPS) is 10.1. The fourth-order valence-corrected chi connectivity index (χ4v) is 2.19. The maximum atomic E-state index is 11.9. The summed E-state index contributed by atoms with van der Waals surface area (Å²) in [5.41, 5.74) is 6.23. The van der Waals surface area contributed by atoms with Gasteiger partial charge in [0.1, 0.15) is 5.75 Å². The van der Waals surface area contributed by atoms with E-state index in [1.807, 2.05) is 19.1 Å². The molecule has 22 heavy (non-hydrogen) atoms. The minimum atomic E-state index is -0.594. The van der Waals surface area contributed by atoms with Crippen molar-refractivity contribution in [3.8, 4) is 5.75 Å². The monoisotopic (exact) mass is 362 g/mol. The predicted octanol–water partition coefficient (Wildman–Crippen LogP) is 2.79. The molecule has 0 saturated carbocycles. The van der Waals surface area contributed by atoms with Crippen molar-refractivity contribution in [2.75, 3.05) is 0 Å². The average Bonchev–Trinajstić information content (AvgIpc) is 2.52. The number of phenols is 1. The summed E-state index contributed by atoms with van der Waals surface area (Å²) in [6.45, 7) is 2.03. The molecule has 2 rings (SSSR count). The van der Waals surface area contributed by atoms with Gasteiger partial charge in [-0.1, -0.05) is 35.0 Å². The number of phenolic OH excluding ortho intramolecular Hbond substituents is 1. The van der Waals surface area contributed by atoms with E-state index in [1.165, 1.54) is 12.1 Å².